The van der Waals surface area contributed by atoms with Crippen LogP contribution in [0.3, 0.4) is 0 Å². The number of rotatable bonds is 4. The number of nitrogens with zero attached hydrogens (tertiary/aromatic N) is 2. The summed E-state index contributed by atoms with van der Waals surface area (Å²) in [5, 5.41) is 1.25. The van der Waals surface area contributed by atoms with E-state index in [4.69, 9.17) is 22.1 Å². The van der Waals surface area contributed by atoms with Gasteiger partial charge in [0.25, 0.3) is 0 Å². The summed E-state index contributed by atoms with van der Waals surface area (Å²) in [4.78, 5) is 8.78. The van der Waals surface area contributed by atoms with E-state index in [1.807, 2.05) is 12.1 Å². The zero-order valence-electron chi connectivity index (χ0n) is 12.8. The summed E-state index contributed by atoms with van der Waals surface area (Å²) in [5.74, 6) is 1.55. The highest BCUT2D eigenvalue weighted by atomic mass is 35.5. The summed E-state index contributed by atoms with van der Waals surface area (Å²) in [5.41, 5.74) is 7.88. The van der Waals surface area contributed by atoms with E-state index in [1.54, 1.807) is 30.1 Å². The topological polar surface area (TPSA) is 60.5 Å². The SMILES string of the molecule is CC1(c2cccc(COc3ccc(Cl)cn3)c2)CCSC(N)=N1. The average Bonchev–Trinajstić information content (AvgIpc) is 2.54. The molecule has 3 rings (SSSR count). The number of thioether (sulfide) groups is 1. The third-order valence-electron chi connectivity index (χ3n) is 3.83. The Labute approximate surface area is 145 Å². The first-order valence-corrected chi connectivity index (χ1v) is 8.73. The Bertz CT molecular complexity index is 720. The van der Waals surface area contributed by atoms with E-state index in [9.17, 15) is 0 Å². The molecule has 0 fully saturated rings. The number of pyridine rings is 1. The monoisotopic (exact) mass is 347 g/mol. The fraction of sp³-hybridized carbons (Fsp3) is 0.294. The van der Waals surface area contributed by atoms with E-state index in [2.05, 4.69) is 29.0 Å². The largest absolute Gasteiger partial charge is 0.473 e. The average molecular weight is 348 g/mol. The minimum atomic E-state index is -0.260. The molecule has 1 aliphatic heterocycles. The van der Waals surface area contributed by atoms with Crippen molar-refractivity contribution in [1.29, 1.82) is 0 Å². The highest BCUT2D eigenvalue weighted by molar-refractivity contribution is 8.13. The molecule has 1 atom stereocenters. The van der Waals surface area contributed by atoms with E-state index in [0.29, 0.717) is 22.7 Å². The first-order valence-electron chi connectivity index (χ1n) is 7.37. The standard InChI is InChI=1S/C17H18ClN3OS/c1-17(7-8-23-16(19)21-17)13-4-2-3-12(9-13)11-22-15-6-5-14(18)10-20-15/h2-6,9-10H,7-8,11H2,1H3,(H2,19,21). The predicted octanol–water partition coefficient (Wildman–Crippen LogP) is 3.98. The van der Waals surface area contributed by atoms with Crippen LogP contribution < -0.4 is 10.5 Å². The lowest BCUT2D eigenvalue weighted by Gasteiger charge is -2.30. The van der Waals surface area contributed by atoms with Gasteiger partial charge in [-0.05, 0) is 36.6 Å². The fourth-order valence-electron chi connectivity index (χ4n) is 2.50. The number of aromatic nitrogens is 1. The van der Waals surface area contributed by atoms with Crippen LogP contribution in [0, 0.1) is 0 Å². The molecule has 6 heteroatoms. The number of ether oxygens (including phenoxy) is 1. The molecule has 2 aromatic rings. The number of amidine groups is 1. The van der Waals surface area contributed by atoms with Gasteiger partial charge in [-0.3, -0.25) is 4.99 Å². The molecular weight excluding hydrogens is 330 g/mol. The van der Waals surface area contributed by atoms with Gasteiger partial charge in [0.1, 0.15) is 6.61 Å². The second-order valence-electron chi connectivity index (χ2n) is 5.63. The second kappa shape index (κ2) is 6.81. The summed E-state index contributed by atoms with van der Waals surface area (Å²) in [7, 11) is 0. The van der Waals surface area contributed by atoms with E-state index >= 15 is 0 Å². The lowest BCUT2D eigenvalue weighted by atomic mass is 9.89. The Kier molecular flexibility index (Phi) is 4.78. The Hall–Kier alpha value is -1.72. The molecule has 0 spiro atoms. The van der Waals surface area contributed by atoms with Crippen molar-refractivity contribution < 1.29 is 4.74 Å². The molecule has 120 valence electrons. The summed E-state index contributed by atoms with van der Waals surface area (Å²) in [6.07, 6.45) is 2.55. The van der Waals surface area contributed by atoms with Crippen molar-refractivity contribution in [2.24, 2.45) is 10.7 Å². The second-order valence-corrected chi connectivity index (χ2v) is 7.18. The number of nitrogens with two attached hydrogens (primary N) is 1. The van der Waals surface area contributed by atoms with Gasteiger partial charge in [0.2, 0.25) is 5.88 Å². The fourth-order valence-corrected chi connectivity index (χ4v) is 3.58. The van der Waals surface area contributed by atoms with Gasteiger partial charge in [0, 0.05) is 18.0 Å². The minimum absolute atomic E-state index is 0.260. The van der Waals surface area contributed by atoms with E-state index in [-0.39, 0.29) is 5.54 Å². The normalized spacial score (nSPS) is 20.9. The van der Waals surface area contributed by atoms with Crippen molar-refractivity contribution in [3.8, 4) is 5.88 Å². The molecule has 1 aliphatic rings. The van der Waals surface area contributed by atoms with E-state index in [0.717, 1.165) is 23.3 Å². The first kappa shape index (κ1) is 16.1. The number of hydrogen-bond donors (Lipinski definition) is 1. The maximum absolute atomic E-state index is 5.90. The van der Waals surface area contributed by atoms with Gasteiger partial charge in [-0.25, -0.2) is 4.98 Å². The van der Waals surface area contributed by atoms with Crippen LogP contribution in [-0.2, 0) is 12.1 Å². The van der Waals surface area contributed by atoms with Crippen molar-refractivity contribution in [2.45, 2.75) is 25.5 Å². The van der Waals surface area contributed by atoms with E-state index in [1.165, 1.54) is 0 Å². The summed E-state index contributed by atoms with van der Waals surface area (Å²) in [6, 6.07) is 11.8. The van der Waals surface area contributed by atoms with Crippen LogP contribution in [0.2, 0.25) is 5.02 Å². The lowest BCUT2D eigenvalue weighted by Crippen LogP contribution is -2.28. The summed E-state index contributed by atoms with van der Waals surface area (Å²) >= 11 is 7.43. The molecule has 0 radical (unpaired) electrons. The highest BCUT2D eigenvalue weighted by Gasteiger charge is 2.29. The first-order chi connectivity index (χ1) is 11.0. The Morgan fingerprint density at radius 1 is 1.35 bits per heavy atom. The van der Waals surface area contributed by atoms with Crippen LogP contribution in [-0.4, -0.2) is 15.9 Å². The van der Waals surface area contributed by atoms with Crippen LogP contribution in [0.1, 0.15) is 24.5 Å². The highest BCUT2D eigenvalue weighted by Crippen LogP contribution is 2.35. The molecule has 0 saturated heterocycles. The molecule has 0 saturated carbocycles. The molecule has 0 amide bonds. The molecule has 0 bridgehead atoms. The van der Waals surface area contributed by atoms with Crippen LogP contribution >= 0.6 is 23.4 Å². The Morgan fingerprint density at radius 3 is 2.96 bits per heavy atom. The summed E-state index contributed by atoms with van der Waals surface area (Å²) in [6.45, 7) is 2.58. The quantitative estimate of drug-likeness (QED) is 0.908. The summed E-state index contributed by atoms with van der Waals surface area (Å²) < 4.78 is 5.71. The van der Waals surface area contributed by atoms with Crippen molar-refractivity contribution in [3.63, 3.8) is 0 Å². The molecule has 1 aromatic carbocycles. The molecule has 4 nitrogen and oxygen atoms in total. The van der Waals surface area contributed by atoms with Gasteiger partial charge in [-0.15, -0.1) is 0 Å². The van der Waals surface area contributed by atoms with Gasteiger partial charge in [-0.1, -0.05) is 41.6 Å². The Balaban J connectivity index is 1.75. The van der Waals surface area contributed by atoms with Gasteiger partial charge in [0.05, 0.1) is 10.6 Å². The van der Waals surface area contributed by atoms with Crippen molar-refractivity contribution >= 4 is 28.5 Å². The lowest BCUT2D eigenvalue weighted by molar-refractivity contribution is 0.293. The van der Waals surface area contributed by atoms with Crippen LogP contribution in [0.5, 0.6) is 5.88 Å². The number of hydrogen-bond acceptors (Lipinski definition) is 5. The maximum atomic E-state index is 5.90. The van der Waals surface area contributed by atoms with Crippen molar-refractivity contribution in [3.05, 3.63) is 58.7 Å². The van der Waals surface area contributed by atoms with Crippen LogP contribution in [0.4, 0.5) is 0 Å². The van der Waals surface area contributed by atoms with Crippen LogP contribution in [0.25, 0.3) is 0 Å². The number of halogens is 1. The van der Waals surface area contributed by atoms with Gasteiger partial charge in [0.15, 0.2) is 5.17 Å². The molecule has 1 aromatic heterocycles. The van der Waals surface area contributed by atoms with Crippen molar-refractivity contribution in [2.75, 3.05) is 5.75 Å². The Morgan fingerprint density at radius 2 is 2.22 bits per heavy atom. The molecular formula is C17H18ClN3OS. The molecule has 2 N–H and O–H groups in total. The molecule has 2 heterocycles. The van der Waals surface area contributed by atoms with Gasteiger partial charge < -0.3 is 10.5 Å². The third-order valence-corrected chi connectivity index (χ3v) is 4.85. The smallest absolute Gasteiger partial charge is 0.213 e. The molecule has 1 unspecified atom stereocenters. The molecule has 23 heavy (non-hydrogen) atoms. The number of benzene rings is 1. The zero-order valence-corrected chi connectivity index (χ0v) is 14.4. The predicted molar refractivity (Wildman–Crippen MR) is 96.1 cm³/mol. The van der Waals surface area contributed by atoms with E-state index < -0.39 is 0 Å². The molecule has 0 aliphatic carbocycles. The van der Waals surface area contributed by atoms with Gasteiger partial charge in [-0.2, -0.15) is 0 Å². The number of aliphatic imine (C=N–C) groups is 1. The van der Waals surface area contributed by atoms with Crippen molar-refractivity contribution in [1.82, 2.24) is 4.98 Å². The third kappa shape index (κ3) is 3.98. The maximum Gasteiger partial charge on any atom is 0.213 e. The van der Waals surface area contributed by atoms with Gasteiger partial charge >= 0.3 is 0 Å². The zero-order chi connectivity index (χ0) is 16.3. The minimum Gasteiger partial charge on any atom is -0.473 e. The van der Waals surface area contributed by atoms with Crippen LogP contribution in [0.15, 0.2) is 47.6 Å².